The number of carbonyl (C=O) groups is 2. The highest BCUT2D eigenvalue weighted by molar-refractivity contribution is 5.95. The minimum Gasteiger partial charge on any atom is -0.466 e. The second-order valence-electron chi connectivity index (χ2n) is 9.67. The first-order chi connectivity index (χ1) is 12.5. The molecule has 152 valence electrons. The molecule has 1 spiro atoms. The van der Waals surface area contributed by atoms with E-state index in [0.717, 1.165) is 25.7 Å². The van der Waals surface area contributed by atoms with Gasteiger partial charge in [0.2, 0.25) is 0 Å². The van der Waals surface area contributed by atoms with Crippen molar-refractivity contribution in [3.63, 3.8) is 0 Å². The topological polar surface area (TPSA) is 72.8 Å². The SMILES string of the molecule is CC(=O)OCCC1(CO)CCC2(O1)C(C)C(=O)C=C1C(C)(C)CCCC12C. The average molecular weight is 379 g/mol. The number of ether oxygens (including phenoxy) is 2. The highest BCUT2D eigenvalue weighted by Crippen LogP contribution is 2.65. The molecule has 2 fully saturated rings. The molecule has 3 aliphatic rings. The lowest BCUT2D eigenvalue weighted by Gasteiger charge is -2.59. The molecule has 1 saturated carbocycles. The smallest absolute Gasteiger partial charge is 0.302 e. The van der Waals surface area contributed by atoms with E-state index >= 15 is 0 Å². The van der Waals surface area contributed by atoms with E-state index in [9.17, 15) is 14.7 Å². The van der Waals surface area contributed by atoms with Gasteiger partial charge in [-0.25, -0.2) is 0 Å². The molecule has 1 heterocycles. The highest BCUT2D eigenvalue weighted by Gasteiger charge is 2.66. The third-order valence-electron chi connectivity index (χ3n) is 7.65. The Hall–Kier alpha value is -1.20. The number of rotatable bonds is 4. The predicted octanol–water partition coefficient (Wildman–Crippen LogP) is 3.58. The lowest BCUT2D eigenvalue weighted by atomic mass is 9.48. The van der Waals surface area contributed by atoms with Gasteiger partial charge in [0, 0.05) is 24.7 Å². The van der Waals surface area contributed by atoms with Crippen molar-refractivity contribution < 1.29 is 24.2 Å². The Kier molecular flexibility index (Phi) is 5.09. The molecule has 5 nitrogen and oxygen atoms in total. The molecule has 0 amide bonds. The zero-order valence-electron chi connectivity index (χ0n) is 17.4. The summed E-state index contributed by atoms with van der Waals surface area (Å²) in [6.07, 6.45) is 6.91. The Bertz CT molecular complexity index is 666. The van der Waals surface area contributed by atoms with Crippen LogP contribution in [0.15, 0.2) is 11.6 Å². The third-order valence-corrected chi connectivity index (χ3v) is 7.65. The molecule has 3 rings (SSSR count). The molecule has 5 heteroatoms. The van der Waals surface area contributed by atoms with Crippen LogP contribution in [0.1, 0.15) is 73.1 Å². The first-order valence-electron chi connectivity index (χ1n) is 10.2. The number of fused-ring (bicyclic) bond motifs is 2. The molecular weight excluding hydrogens is 344 g/mol. The lowest BCUT2D eigenvalue weighted by molar-refractivity contribution is -0.205. The largest absolute Gasteiger partial charge is 0.466 e. The standard InChI is InChI=1S/C22H34O5/c1-15-17(25)13-18-19(3,4)7-6-8-20(18,5)22(15)10-9-21(14-23,27-22)11-12-26-16(2)24/h13,15,23H,6-12,14H2,1-5H3. The normalized spacial score (nSPS) is 40.6. The van der Waals surface area contributed by atoms with Crippen molar-refractivity contribution >= 4 is 11.8 Å². The quantitative estimate of drug-likeness (QED) is 0.757. The third kappa shape index (κ3) is 3.07. The first-order valence-corrected chi connectivity index (χ1v) is 10.2. The van der Waals surface area contributed by atoms with Crippen LogP contribution in [0.5, 0.6) is 0 Å². The fourth-order valence-corrected chi connectivity index (χ4v) is 6.01. The summed E-state index contributed by atoms with van der Waals surface area (Å²) in [5.74, 6) is -0.448. The molecule has 1 saturated heterocycles. The van der Waals surface area contributed by atoms with E-state index in [-0.39, 0.29) is 41.7 Å². The lowest BCUT2D eigenvalue weighted by Crippen LogP contribution is -2.61. The van der Waals surface area contributed by atoms with Crippen molar-refractivity contribution in [3.8, 4) is 0 Å². The van der Waals surface area contributed by atoms with Crippen molar-refractivity contribution in [1.82, 2.24) is 0 Å². The molecular formula is C22H34O5. The van der Waals surface area contributed by atoms with Gasteiger partial charge in [0.25, 0.3) is 0 Å². The van der Waals surface area contributed by atoms with Crippen LogP contribution >= 0.6 is 0 Å². The van der Waals surface area contributed by atoms with Crippen LogP contribution in [0.25, 0.3) is 0 Å². The molecule has 2 aliphatic carbocycles. The second kappa shape index (κ2) is 6.70. The molecule has 0 radical (unpaired) electrons. The van der Waals surface area contributed by atoms with Crippen molar-refractivity contribution in [2.24, 2.45) is 16.7 Å². The van der Waals surface area contributed by atoms with Gasteiger partial charge >= 0.3 is 5.97 Å². The molecule has 1 N–H and O–H groups in total. The zero-order valence-corrected chi connectivity index (χ0v) is 17.4. The summed E-state index contributed by atoms with van der Waals surface area (Å²) in [6, 6.07) is 0. The predicted molar refractivity (Wildman–Crippen MR) is 102 cm³/mol. The van der Waals surface area contributed by atoms with Crippen molar-refractivity contribution in [2.75, 3.05) is 13.2 Å². The minimum absolute atomic E-state index is 0.0264. The summed E-state index contributed by atoms with van der Waals surface area (Å²) in [6.45, 7) is 10.1. The summed E-state index contributed by atoms with van der Waals surface area (Å²) in [5, 5.41) is 10.2. The van der Waals surface area contributed by atoms with Crippen LogP contribution in [0, 0.1) is 16.7 Å². The molecule has 0 bridgehead atoms. The van der Waals surface area contributed by atoms with E-state index in [0.29, 0.717) is 12.8 Å². The van der Waals surface area contributed by atoms with Crippen LogP contribution in [-0.2, 0) is 19.1 Å². The number of allylic oxidation sites excluding steroid dienone is 1. The van der Waals surface area contributed by atoms with Crippen molar-refractivity contribution in [3.05, 3.63) is 11.6 Å². The van der Waals surface area contributed by atoms with E-state index in [2.05, 4.69) is 20.8 Å². The number of aliphatic hydroxyl groups is 1. The van der Waals surface area contributed by atoms with Gasteiger partial charge in [0.15, 0.2) is 5.78 Å². The summed E-state index contributed by atoms with van der Waals surface area (Å²) >= 11 is 0. The number of hydrogen-bond donors (Lipinski definition) is 1. The Morgan fingerprint density at radius 2 is 1.96 bits per heavy atom. The fraction of sp³-hybridized carbons (Fsp3) is 0.818. The molecule has 0 aromatic rings. The second-order valence-corrected chi connectivity index (χ2v) is 9.67. The van der Waals surface area contributed by atoms with Crippen LogP contribution in [0.3, 0.4) is 0 Å². The van der Waals surface area contributed by atoms with Crippen LogP contribution < -0.4 is 0 Å². The molecule has 27 heavy (non-hydrogen) atoms. The first kappa shape index (κ1) is 20.5. The minimum atomic E-state index is -0.753. The van der Waals surface area contributed by atoms with E-state index in [1.165, 1.54) is 12.5 Å². The number of carbonyl (C=O) groups excluding carboxylic acids is 2. The van der Waals surface area contributed by atoms with Gasteiger partial charge in [0.1, 0.15) is 0 Å². The number of aliphatic hydroxyl groups excluding tert-OH is 1. The monoisotopic (exact) mass is 378 g/mol. The van der Waals surface area contributed by atoms with Crippen LogP contribution in [-0.4, -0.2) is 41.3 Å². The van der Waals surface area contributed by atoms with E-state index < -0.39 is 11.2 Å². The van der Waals surface area contributed by atoms with Crippen LogP contribution in [0.4, 0.5) is 0 Å². The number of esters is 1. The summed E-state index contributed by atoms with van der Waals surface area (Å²) in [7, 11) is 0. The molecule has 0 aromatic carbocycles. The zero-order chi connectivity index (χ0) is 20.1. The van der Waals surface area contributed by atoms with Crippen molar-refractivity contribution in [1.29, 1.82) is 0 Å². The molecule has 4 unspecified atom stereocenters. The van der Waals surface area contributed by atoms with Crippen LogP contribution in [0.2, 0.25) is 0 Å². The van der Waals surface area contributed by atoms with E-state index in [1.807, 2.05) is 13.0 Å². The van der Waals surface area contributed by atoms with Gasteiger partial charge in [-0.15, -0.1) is 0 Å². The Balaban J connectivity index is 1.97. The summed E-state index contributed by atoms with van der Waals surface area (Å²) < 4.78 is 11.9. The molecule has 0 aromatic heterocycles. The van der Waals surface area contributed by atoms with Gasteiger partial charge in [-0.3, -0.25) is 9.59 Å². The van der Waals surface area contributed by atoms with E-state index in [1.54, 1.807) is 0 Å². The van der Waals surface area contributed by atoms with Crippen molar-refractivity contribution in [2.45, 2.75) is 84.3 Å². The number of ketones is 1. The van der Waals surface area contributed by atoms with Gasteiger partial charge < -0.3 is 14.6 Å². The Morgan fingerprint density at radius 1 is 1.26 bits per heavy atom. The maximum atomic E-state index is 13.0. The Morgan fingerprint density at radius 3 is 2.59 bits per heavy atom. The van der Waals surface area contributed by atoms with Gasteiger partial charge in [-0.2, -0.15) is 0 Å². The average Bonchev–Trinajstić information content (AvgIpc) is 2.98. The summed E-state index contributed by atoms with van der Waals surface area (Å²) in [4.78, 5) is 24.1. The molecule has 4 atom stereocenters. The summed E-state index contributed by atoms with van der Waals surface area (Å²) in [5.41, 5.74) is -0.401. The van der Waals surface area contributed by atoms with Gasteiger partial charge in [0.05, 0.1) is 24.4 Å². The van der Waals surface area contributed by atoms with Gasteiger partial charge in [-0.05, 0) is 37.2 Å². The van der Waals surface area contributed by atoms with Gasteiger partial charge in [-0.1, -0.05) is 39.7 Å². The maximum Gasteiger partial charge on any atom is 0.302 e. The highest BCUT2D eigenvalue weighted by atomic mass is 16.6. The fourth-order valence-electron chi connectivity index (χ4n) is 6.01. The molecule has 1 aliphatic heterocycles. The maximum absolute atomic E-state index is 13.0. The van der Waals surface area contributed by atoms with E-state index in [4.69, 9.17) is 9.47 Å². The Labute approximate surface area is 162 Å². The number of hydrogen-bond acceptors (Lipinski definition) is 5.